The van der Waals surface area contributed by atoms with Crippen LogP contribution in [0.5, 0.6) is 0 Å². The van der Waals surface area contributed by atoms with Crippen molar-refractivity contribution in [3.05, 3.63) is 30.1 Å². The van der Waals surface area contributed by atoms with E-state index >= 15 is 0 Å². The molecular weight excluding hydrogens is 213 g/mol. The smallest absolute Gasteiger partial charge is 0.123 e. The average molecular weight is 235 g/mol. The van der Waals surface area contributed by atoms with Gasteiger partial charge in [0.05, 0.1) is 0 Å². The Bertz CT molecular complexity index is 346. The van der Waals surface area contributed by atoms with Crippen LogP contribution in [0.4, 0.5) is 10.1 Å². The van der Waals surface area contributed by atoms with Crippen LogP contribution in [0.15, 0.2) is 24.3 Å². The highest BCUT2D eigenvalue weighted by atomic mass is 19.1. The number of piperidine rings is 1. The van der Waals surface area contributed by atoms with Crippen LogP contribution in [-0.4, -0.2) is 12.6 Å². The highest BCUT2D eigenvalue weighted by Gasteiger charge is 2.25. The summed E-state index contributed by atoms with van der Waals surface area (Å²) in [6.45, 7) is 5.68. The van der Waals surface area contributed by atoms with E-state index in [-0.39, 0.29) is 5.82 Å². The minimum Gasteiger partial charge on any atom is -0.369 e. The summed E-state index contributed by atoms with van der Waals surface area (Å²) in [7, 11) is 0. The minimum atomic E-state index is -0.147. The van der Waals surface area contributed by atoms with Crippen molar-refractivity contribution >= 4 is 5.69 Å². The van der Waals surface area contributed by atoms with Crippen LogP contribution in [0.1, 0.15) is 39.5 Å². The third-order valence-electron chi connectivity index (χ3n) is 3.76. The minimum absolute atomic E-state index is 0.147. The molecule has 1 heterocycles. The zero-order valence-electron chi connectivity index (χ0n) is 10.8. The highest BCUT2D eigenvalue weighted by molar-refractivity contribution is 5.47. The van der Waals surface area contributed by atoms with Crippen molar-refractivity contribution in [2.75, 3.05) is 11.4 Å². The van der Waals surface area contributed by atoms with Crippen LogP contribution in [-0.2, 0) is 0 Å². The molecule has 1 aromatic rings. The number of rotatable bonds is 3. The Morgan fingerprint density at radius 1 is 1.29 bits per heavy atom. The lowest BCUT2D eigenvalue weighted by atomic mass is 9.89. The second-order valence-electron chi connectivity index (χ2n) is 5.24. The average Bonchev–Trinajstić information content (AvgIpc) is 2.31. The molecule has 17 heavy (non-hydrogen) atoms. The summed E-state index contributed by atoms with van der Waals surface area (Å²) in [5.74, 6) is 0.675. The maximum absolute atomic E-state index is 12.9. The SMILES string of the molecule is CCCC1CC(C)CCN1c1ccc(F)cc1. The fraction of sp³-hybridized carbons (Fsp3) is 0.600. The molecule has 0 radical (unpaired) electrons. The lowest BCUT2D eigenvalue weighted by Gasteiger charge is -2.40. The maximum Gasteiger partial charge on any atom is 0.123 e. The molecule has 94 valence electrons. The lowest BCUT2D eigenvalue weighted by Crippen LogP contribution is -2.42. The molecule has 0 spiro atoms. The van der Waals surface area contributed by atoms with Gasteiger partial charge in [-0.1, -0.05) is 20.3 Å². The van der Waals surface area contributed by atoms with Gasteiger partial charge in [-0.15, -0.1) is 0 Å². The fourth-order valence-electron chi connectivity index (χ4n) is 2.83. The van der Waals surface area contributed by atoms with Gasteiger partial charge in [0, 0.05) is 18.3 Å². The molecule has 0 aromatic heterocycles. The normalized spacial score (nSPS) is 25.0. The van der Waals surface area contributed by atoms with E-state index in [1.54, 1.807) is 12.1 Å². The first kappa shape index (κ1) is 12.4. The predicted molar refractivity (Wildman–Crippen MR) is 70.8 cm³/mol. The van der Waals surface area contributed by atoms with Crippen molar-refractivity contribution in [1.82, 2.24) is 0 Å². The summed E-state index contributed by atoms with van der Waals surface area (Å²) < 4.78 is 12.9. The summed E-state index contributed by atoms with van der Waals surface area (Å²) in [6.07, 6.45) is 4.97. The van der Waals surface area contributed by atoms with Gasteiger partial charge in [0.15, 0.2) is 0 Å². The molecule has 1 fully saturated rings. The molecule has 0 saturated carbocycles. The van der Waals surface area contributed by atoms with Crippen molar-refractivity contribution in [3.63, 3.8) is 0 Å². The molecule has 1 aromatic carbocycles. The molecule has 2 heteroatoms. The lowest BCUT2D eigenvalue weighted by molar-refractivity contribution is 0.348. The Labute approximate surface area is 104 Å². The van der Waals surface area contributed by atoms with E-state index in [9.17, 15) is 4.39 Å². The van der Waals surface area contributed by atoms with Crippen LogP contribution < -0.4 is 4.90 Å². The Balaban J connectivity index is 2.14. The Morgan fingerprint density at radius 2 is 2.00 bits per heavy atom. The number of halogens is 1. The molecule has 2 atom stereocenters. The third-order valence-corrected chi connectivity index (χ3v) is 3.76. The topological polar surface area (TPSA) is 3.24 Å². The summed E-state index contributed by atoms with van der Waals surface area (Å²) in [5, 5.41) is 0. The standard InChI is InChI=1S/C15H22FN/c1-3-4-15-11-12(2)9-10-17(15)14-7-5-13(16)6-8-14/h5-8,12,15H,3-4,9-11H2,1-2H3. The van der Waals surface area contributed by atoms with Gasteiger partial charge in [-0.2, -0.15) is 0 Å². The van der Waals surface area contributed by atoms with E-state index < -0.39 is 0 Å². The van der Waals surface area contributed by atoms with Gasteiger partial charge in [0.1, 0.15) is 5.82 Å². The van der Waals surface area contributed by atoms with Crippen molar-refractivity contribution in [1.29, 1.82) is 0 Å². The van der Waals surface area contributed by atoms with Gasteiger partial charge in [-0.3, -0.25) is 0 Å². The van der Waals surface area contributed by atoms with Gasteiger partial charge in [0.25, 0.3) is 0 Å². The van der Waals surface area contributed by atoms with Crippen LogP contribution in [0.3, 0.4) is 0 Å². The van der Waals surface area contributed by atoms with Gasteiger partial charge < -0.3 is 4.90 Å². The van der Waals surface area contributed by atoms with E-state index in [0.29, 0.717) is 6.04 Å². The molecule has 1 saturated heterocycles. The van der Waals surface area contributed by atoms with Gasteiger partial charge in [-0.25, -0.2) is 4.39 Å². The number of anilines is 1. The van der Waals surface area contributed by atoms with Crippen LogP contribution in [0.25, 0.3) is 0 Å². The number of benzene rings is 1. The number of hydrogen-bond acceptors (Lipinski definition) is 1. The first-order chi connectivity index (χ1) is 8.20. The maximum atomic E-state index is 12.9. The summed E-state index contributed by atoms with van der Waals surface area (Å²) in [5.41, 5.74) is 1.18. The van der Waals surface area contributed by atoms with Crippen LogP contribution in [0.2, 0.25) is 0 Å². The van der Waals surface area contributed by atoms with Crippen LogP contribution in [0, 0.1) is 11.7 Å². The fourth-order valence-corrected chi connectivity index (χ4v) is 2.83. The molecule has 1 aliphatic heterocycles. The van der Waals surface area contributed by atoms with Crippen molar-refractivity contribution in [2.45, 2.75) is 45.6 Å². The van der Waals surface area contributed by atoms with Crippen molar-refractivity contribution < 1.29 is 4.39 Å². The molecule has 1 aliphatic rings. The monoisotopic (exact) mass is 235 g/mol. The first-order valence-corrected chi connectivity index (χ1v) is 6.73. The largest absolute Gasteiger partial charge is 0.369 e. The quantitative estimate of drug-likeness (QED) is 0.757. The first-order valence-electron chi connectivity index (χ1n) is 6.73. The Kier molecular flexibility index (Phi) is 4.03. The van der Waals surface area contributed by atoms with Crippen LogP contribution >= 0.6 is 0 Å². The van der Waals surface area contributed by atoms with Crippen molar-refractivity contribution in [2.24, 2.45) is 5.92 Å². The van der Waals surface area contributed by atoms with E-state index in [0.717, 1.165) is 12.5 Å². The molecule has 0 bridgehead atoms. The molecule has 1 nitrogen and oxygen atoms in total. The number of hydrogen-bond donors (Lipinski definition) is 0. The summed E-state index contributed by atoms with van der Waals surface area (Å²) in [4.78, 5) is 2.46. The highest BCUT2D eigenvalue weighted by Crippen LogP contribution is 2.30. The Hall–Kier alpha value is -1.05. The van der Waals surface area contributed by atoms with Gasteiger partial charge in [0.2, 0.25) is 0 Å². The van der Waals surface area contributed by atoms with E-state index in [4.69, 9.17) is 0 Å². The number of nitrogens with zero attached hydrogens (tertiary/aromatic N) is 1. The molecule has 2 rings (SSSR count). The van der Waals surface area contributed by atoms with Gasteiger partial charge >= 0.3 is 0 Å². The predicted octanol–water partition coefficient (Wildman–Crippen LogP) is 4.23. The van der Waals surface area contributed by atoms with Gasteiger partial charge in [-0.05, 0) is 49.4 Å². The summed E-state index contributed by atoms with van der Waals surface area (Å²) in [6, 6.07) is 7.59. The summed E-state index contributed by atoms with van der Waals surface area (Å²) >= 11 is 0. The molecule has 0 N–H and O–H groups in total. The zero-order valence-corrected chi connectivity index (χ0v) is 10.8. The van der Waals surface area contributed by atoms with E-state index in [1.165, 1.54) is 31.4 Å². The molecule has 0 amide bonds. The Morgan fingerprint density at radius 3 is 2.65 bits per heavy atom. The third kappa shape index (κ3) is 2.99. The molecular formula is C15H22FN. The van der Waals surface area contributed by atoms with Crippen molar-refractivity contribution in [3.8, 4) is 0 Å². The molecule has 2 unspecified atom stereocenters. The second-order valence-corrected chi connectivity index (χ2v) is 5.24. The van der Waals surface area contributed by atoms with E-state index in [2.05, 4.69) is 18.7 Å². The second kappa shape index (κ2) is 5.52. The van der Waals surface area contributed by atoms with E-state index in [1.807, 2.05) is 12.1 Å². The molecule has 0 aliphatic carbocycles. The zero-order chi connectivity index (χ0) is 12.3.